The number of halogens is 3. The van der Waals surface area contributed by atoms with E-state index in [1.165, 1.54) is 11.1 Å². The molecule has 0 aliphatic carbocycles. The van der Waals surface area contributed by atoms with Gasteiger partial charge in [0.05, 0.1) is 6.54 Å². The fourth-order valence-corrected chi connectivity index (χ4v) is 4.91. The molecule has 1 aromatic heterocycles. The van der Waals surface area contributed by atoms with Crippen molar-refractivity contribution in [3.8, 4) is 6.07 Å². The lowest BCUT2D eigenvalue weighted by Gasteiger charge is -2.24. The number of anilines is 3. The number of amides is 2. The number of carbonyl (C=O) groups is 2. The van der Waals surface area contributed by atoms with E-state index < -0.39 is 29.8 Å². The molecule has 2 N–H and O–H groups in total. The van der Waals surface area contributed by atoms with E-state index in [9.17, 15) is 32.8 Å². The average molecular weight is 587 g/mol. The molecule has 1 heterocycles. The molecule has 0 saturated carbocycles. The number of aryl methyl sites for hydroxylation is 1. The molecule has 0 aliphatic rings. The second kappa shape index (κ2) is 13.2. The largest absolute Gasteiger partial charge is 0.405 e. The lowest BCUT2D eigenvalue weighted by molar-refractivity contribution is -0.135. The number of likely N-dealkylation sites (N-methyl/N-ethyl adjacent to an activating group) is 2. The average Bonchev–Trinajstić information content (AvgIpc) is 3.24. The van der Waals surface area contributed by atoms with Gasteiger partial charge in [-0.25, -0.2) is 0 Å². The van der Waals surface area contributed by atoms with E-state index in [-0.39, 0.29) is 28.2 Å². The summed E-state index contributed by atoms with van der Waals surface area (Å²) in [6.45, 7) is 2.23. The number of alkyl halides is 3. The Kier molecular flexibility index (Phi) is 9.96. The molecule has 0 aliphatic heterocycles. The van der Waals surface area contributed by atoms with E-state index in [1.54, 1.807) is 49.6 Å². The molecule has 3 aromatic rings. The van der Waals surface area contributed by atoms with Crippen LogP contribution >= 0.6 is 11.3 Å². The van der Waals surface area contributed by atoms with Gasteiger partial charge >= 0.3 is 6.18 Å². The van der Waals surface area contributed by atoms with Crippen LogP contribution in [0.4, 0.5) is 30.2 Å². The number of nitriles is 1. The molecule has 0 unspecified atom stereocenters. The van der Waals surface area contributed by atoms with Gasteiger partial charge in [-0.2, -0.15) is 18.4 Å². The first kappa shape index (κ1) is 31.0. The highest BCUT2D eigenvalue weighted by Crippen LogP contribution is 2.20. The summed E-state index contributed by atoms with van der Waals surface area (Å²) in [6.07, 6.45) is -3.26. The van der Waals surface area contributed by atoms with Gasteiger partial charge in [-0.3, -0.25) is 19.0 Å². The van der Waals surface area contributed by atoms with Crippen LogP contribution < -0.4 is 35.2 Å². The fraction of sp³-hybridized carbons (Fsp3) is 0.286. The molecular weight excluding hydrogens is 557 g/mol. The van der Waals surface area contributed by atoms with Crippen LogP contribution in [0.5, 0.6) is 0 Å². The summed E-state index contributed by atoms with van der Waals surface area (Å²) in [5.41, 5.74) is 2.05. The second-order valence-corrected chi connectivity index (χ2v) is 10.1. The minimum Gasteiger partial charge on any atom is -0.365 e. The molecule has 216 valence electrons. The molecule has 0 spiro atoms. The van der Waals surface area contributed by atoms with Crippen molar-refractivity contribution in [3.63, 3.8) is 0 Å². The molecule has 41 heavy (non-hydrogen) atoms. The third kappa shape index (κ3) is 7.98. The number of nitrogens with zero attached hydrogens (tertiary/aromatic N) is 4. The van der Waals surface area contributed by atoms with Crippen molar-refractivity contribution < 1.29 is 22.8 Å². The summed E-state index contributed by atoms with van der Waals surface area (Å²) in [5.74, 6) is -1.37. The highest BCUT2D eigenvalue weighted by molar-refractivity contribution is 7.07. The van der Waals surface area contributed by atoms with Gasteiger partial charge in [0.1, 0.15) is 21.8 Å². The molecule has 0 bridgehead atoms. The van der Waals surface area contributed by atoms with Crippen molar-refractivity contribution in [3.05, 3.63) is 73.6 Å². The van der Waals surface area contributed by atoms with Crippen molar-refractivity contribution >= 4 is 52.0 Å². The van der Waals surface area contributed by atoms with Crippen LogP contribution in [0.2, 0.25) is 0 Å². The molecule has 0 atom stereocenters. The summed E-state index contributed by atoms with van der Waals surface area (Å²) in [7, 11) is 3.49. The smallest absolute Gasteiger partial charge is 0.365 e. The lowest BCUT2D eigenvalue weighted by Crippen LogP contribution is -2.37. The monoisotopic (exact) mass is 586 g/mol. The highest BCUT2D eigenvalue weighted by atomic mass is 32.1. The van der Waals surface area contributed by atoms with E-state index in [1.807, 2.05) is 43.1 Å². The van der Waals surface area contributed by atoms with Gasteiger partial charge < -0.3 is 20.4 Å². The van der Waals surface area contributed by atoms with E-state index >= 15 is 0 Å². The normalized spacial score (nSPS) is 12.4. The summed E-state index contributed by atoms with van der Waals surface area (Å²) in [6, 6.07) is 16.4. The zero-order valence-electron chi connectivity index (χ0n) is 22.9. The zero-order chi connectivity index (χ0) is 30.3. The topological polar surface area (TPSA) is 110 Å². The maximum Gasteiger partial charge on any atom is 0.405 e. The van der Waals surface area contributed by atoms with Crippen LogP contribution in [0.15, 0.2) is 53.3 Å². The van der Waals surface area contributed by atoms with E-state index in [2.05, 4.69) is 5.32 Å². The van der Waals surface area contributed by atoms with Crippen molar-refractivity contribution in [2.24, 2.45) is 0 Å². The Hall–Kier alpha value is -4.57. The van der Waals surface area contributed by atoms with Crippen LogP contribution in [-0.4, -0.2) is 49.7 Å². The number of hydrogen-bond acceptors (Lipinski definition) is 7. The molecule has 3 rings (SSSR count). The molecule has 0 radical (unpaired) electrons. The maximum absolute atomic E-state index is 13.0. The van der Waals surface area contributed by atoms with Crippen LogP contribution in [-0.2, 0) is 16.1 Å². The number of aromatic nitrogens is 1. The molecule has 13 heteroatoms. The molecule has 0 fully saturated rings. The van der Waals surface area contributed by atoms with Crippen molar-refractivity contribution in [1.82, 2.24) is 9.88 Å². The Balaban J connectivity index is 1.84. The number of rotatable bonds is 9. The van der Waals surface area contributed by atoms with Crippen molar-refractivity contribution in [2.75, 3.05) is 42.3 Å². The van der Waals surface area contributed by atoms with Crippen LogP contribution in [0.25, 0.3) is 11.8 Å². The van der Waals surface area contributed by atoms with Gasteiger partial charge in [0.2, 0.25) is 5.91 Å². The maximum atomic E-state index is 13.0. The zero-order valence-corrected chi connectivity index (χ0v) is 23.7. The van der Waals surface area contributed by atoms with Gasteiger partial charge in [0, 0.05) is 43.9 Å². The first-order valence-corrected chi connectivity index (χ1v) is 13.3. The second-order valence-electron chi connectivity index (χ2n) is 9.09. The van der Waals surface area contributed by atoms with Crippen LogP contribution in [0.3, 0.4) is 0 Å². The Bertz CT molecular complexity index is 1660. The predicted molar refractivity (Wildman–Crippen MR) is 154 cm³/mol. The minimum atomic E-state index is -4.65. The summed E-state index contributed by atoms with van der Waals surface area (Å²) >= 11 is 0.806. The first-order chi connectivity index (χ1) is 19.3. The van der Waals surface area contributed by atoms with Gasteiger partial charge in [0.15, 0.2) is 5.57 Å². The first-order valence-electron chi connectivity index (χ1n) is 12.4. The Labute approximate surface area is 238 Å². The number of thiazole rings is 1. The molecule has 0 saturated heterocycles. The molecule has 9 nitrogen and oxygen atoms in total. The Morgan fingerprint density at radius 1 is 1.12 bits per heavy atom. The minimum absolute atomic E-state index is 0.0514. The van der Waals surface area contributed by atoms with E-state index in [0.29, 0.717) is 11.4 Å². The fourth-order valence-electron chi connectivity index (χ4n) is 3.82. The number of carbonyl (C=O) groups excluding carboxylic acids is 2. The summed E-state index contributed by atoms with van der Waals surface area (Å²) in [5, 5.41) is 14.1. The molecule has 2 amide bonds. The quantitative estimate of drug-likeness (QED) is 0.399. The Morgan fingerprint density at radius 2 is 1.80 bits per heavy atom. The van der Waals surface area contributed by atoms with Crippen molar-refractivity contribution in [2.45, 2.75) is 26.6 Å². The van der Waals surface area contributed by atoms with Crippen LogP contribution in [0.1, 0.15) is 12.5 Å². The molecular formula is C28H29F3N6O3S. The van der Waals surface area contributed by atoms with E-state index in [4.69, 9.17) is 0 Å². The van der Waals surface area contributed by atoms with E-state index in [0.717, 1.165) is 27.2 Å². The highest BCUT2D eigenvalue weighted by Gasteiger charge is 2.29. The van der Waals surface area contributed by atoms with Gasteiger partial charge in [0.25, 0.3) is 11.5 Å². The van der Waals surface area contributed by atoms with Gasteiger partial charge in [-0.05, 0) is 49.7 Å². The standard InChI is InChI=1S/C28H29F3N6O3S/c1-5-37-26(40)23(41-27(37)22(14-32)25(39)34-17-28(29,30)31)15-33-19-9-7-11-21(13-19)36(4)24(38)16-35(3)20-10-6-8-18(2)12-20/h6-13,15,33H,5,16-17H2,1-4H3,(H,34,39). The van der Waals surface area contributed by atoms with Crippen molar-refractivity contribution in [1.29, 1.82) is 5.26 Å². The Morgan fingerprint density at radius 3 is 2.44 bits per heavy atom. The summed E-state index contributed by atoms with van der Waals surface area (Å²) < 4.78 is 38.8. The lowest BCUT2D eigenvalue weighted by atomic mass is 10.2. The number of benzene rings is 2. The van der Waals surface area contributed by atoms with Crippen LogP contribution in [0, 0.1) is 18.3 Å². The predicted octanol–water partition coefficient (Wildman–Crippen LogP) is 2.54. The van der Waals surface area contributed by atoms with Gasteiger partial charge in [-0.1, -0.05) is 18.2 Å². The molecule has 2 aromatic carbocycles. The summed E-state index contributed by atoms with van der Waals surface area (Å²) in [4.78, 5) is 41.5. The van der Waals surface area contributed by atoms with Gasteiger partial charge in [-0.15, -0.1) is 11.3 Å². The SMILES string of the molecule is CCn1c(=C(C#N)C(=O)NCC(F)(F)F)sc(=CNc2cccc(N(C)C(=O)CN(C)c3cccc(C)c3)c2)c1=O. The number of nitrogens with one attached hydrogen (secondary N) is 2. The third-order valence-corrected chi connectivity index (χ3v) is 7.15. The number of hydrogen-bond donors (Lipinski definition) is 2. The third-order valence-electron chi connectivity index (χ3n) is 6.02.